The second-order valence-corrected chi connectivity index (χ2v) is 4.54. The highest BCUT2D eigenvalue weighted by molar-refractivity contribution is 5.89. The molecule has 1 fully saturated rings. The molecular formula is C13H19N3O. The second-order valence-electron chi connectivity index (χ2n) is 4.54. The Morgan fingerprint density at radius 3 is 2.82 bits per heavy atom. The average Bonchev–Trinajstić information content (AvgIpc) is 2.30. The van der Waals surface area contributed by atoms with Gasteiger partial charge in [0.05, 0.1) is 0 Å². The topological polar surface area (TPSA) is 53.2 Å². The van der Waals surface area contributed by atoms with Crippen LogP contribution in [0.3, 0.4) is 0 Å². The molecule has 1 aromatic rings. The second kappa shape index (κ2) is 5.68. The van der Waals surface area contributed by atoms with E-state index in [1.165, 1.54) is 0 Å². The number of carbonyl (C=O) groups excluding carboxylic acids is 1. The van der Waals surface area contributed by atoms with Gasteiger partial charge in [-0.05, 0) is 38.4 Å². The maximum Gasteiger partial charge on any atom is 0.319 e. The number of rotatable bonds is 2. The standard InChI is InChI=1S/C13H19N3O/c1-10-9-12(7-8-14-10)16-13(17)15-11-5-3-2-4-6-11/h2-6,10,12,14H,7-9H2,1H3,(H2,15,16,17). The summed E-state index contributed by atoms with van der Waals surface area (Å²) in [4.78, 5) is 11.7. The van der Waals surface area contributed by atoms with E-state index < -0.39 is 0 Å². The van der Waals surface area contributed by atoms with Gasteiger partial charge in [-0.1, -0.05) is 18.2 Å². The summed E-state index contributed by atoms with van der Waals surface area (Å²) in [5, 5.41) is 9.20. The van der Waals surface area contributed by atoms with Crippen molar-refractivity contribution < 1.29 is 4.79 Å². The highest BCUT2D eigenvalue weighted by Crippen LogP contribution is 2.09. The third kappa shape index (κ3) is 3.75. The Kier molecular flexibility index (Phi) is 3.98. The maximum atomic E-state index is 11.7. The van der Waals surface area contributed by atoms with E-state index in [2.05, 4.69) is 22.9 Å². The minimum Gasteiger partial charge on any atom is -0.335 e. The Hall–Kier alpha value is -1.55. The molecule has 3 N–H and O–H groups in total. The lowest BCUT2D eigenvalue weighted by molar-refractivity contribution is 0.242. The predicted octanol–water partition coefficient (Wildman–Crippen LogP) is 1.95. The molecule has 17 heavy (non-hydrogen) atoms. The maximum absolute atomic E-state index is 11.7. The van der Waals surface area contributed by atoms with E-state index in [0.717, 1.165) is 25.1 Å². The van der Waals surface area contributed by atoms with E-state index in [4.69, 9.17) is 0 Å². The van der Waals surface area contributed by atoms with Crippen LogP contribution in [0, 0.1) is 0 Å². The molecule has 4 heteroatoms. The highest BCUT2D eigenvalue weighted by Gasteiger charge is 2.19. The number of anilines is 1. The molecule has 1 saturated heterocycles. The summed E-state index contributed by atoms with van der Waals surface area (Å²) in [5.41, 5.74) is 0.826. The van der Waals surface area contributed by atoms with Crippen LogP contribution < -0.4 is 16.0 Å². The van der Waals surface area contributed by atoms with Crippen LogP contribution in [0.25, 0.3) is 0 Å². The number of amides is 2. The number of benzene rings is 1. The first kappa shape index (κ1) is 11.9. The number of nitrogens with one attached hydrogen (secondary N) is 3. The first-order valence-electron chi connectivity index (χ1n) is 6.10. The van der Waals surface area contributed by atoms with Gasteiger partial charge in [0.25, 0.3) is 0 Å². The molecule has 2 atom stereocenters. The zero-order valence-corrected chi connectivity index (χ0v) is 10.1. The molecule has 0 aliphatic carbocycles. The number of hydrogen-bond acceptors (Lipinski definition) is 2. The summed E-state index contributed by atoms with van der Waals surface area (Å²) < 4.78 is 0. The Bertz CT molecular complexity index is 366. The van der Waals surface area contributed by atoms with Gasteiger partial charge in [0, 0.05) is 17.8 Å². The van der Waals surface area contributed by atoms with Gasteiger partial charge in [-0.2, -0.15) is 0 Å². The molecule has 0 spiro atoms. The zero-order chi connectivity index (χ0) is 12.1. The van der Waals surface area contributed by atoms with Crippen molar-refractivity contribution in [2.45, 2.75) is 31.8 Å². The third-order valence-corrected chi connectivity index (χ3v) is 2.99. The number of para-hydroxylation sites is 1. The van der Waals surface area contributed by atoms with Crippen molar-refractivity contribution in [3.05, 3.63) is 30.3 Å². The Morgan fingerprint density at radius 1 is 1.35 bits per heavy atom. The van der Waals surface area contributed by atoms with Crippen molar-refractivity contribution in [3.8, 4) is 0 Å². The van der Waals surface area contributed by atoms with Crippen molar-refractivity contribution in [1.82, 2.24) is 10.6 Å². The molecule has 2 rings (SSSR count). The zero-order valence-electron chi connectivity index (χ0n) is 10.1. The molecule has 0 saturated carbocycles. The van der Waals surface area contributed by atoms with Gasteiger partial charge in [-0.25, -0.2) is 4.79 Å². The molecule has 1 aliphatic rings. The van der Waals surface area contributed by atoms with Crippen molar-refractivity contribution in [3.63, 3.8) is 0 Å². The largest absolute Gasteiger partial charge is 0.335 e. The van der Waals surface area contributed by atoms with Crippen molar-refractivity contribution in [2.24, 2.45) is 0 Å². The van der Waals surface area contributed by atoms with Crippen LogP contribution in [0.2, 0.25) is 0 Å². The summed E-state index contributed by atoms with van der Waals surface area (Å²) in [7, 11) is 0. The SMILES string of the molecule is CC1CC(NC(=O)Nc2ccccc2)CCN1. The Balaban J connectivity index is 1.81. The lowest BCUT2D eigenvalue weighted by Gasteiger charge is -2.28. The molecule has 0 bridgehead atoms. The van der Waals surface area contributed by atoms with E-state index in [9.17, 15) is 4.79 Å². The van der Waals surface area contributed by atoms with Crippen LogP contribution in [0.5, 0.6) is 0 Å². The molecule has 1 aromatic carbocycles. The summed E-state index contributed by atoms with van der Waals surface area (Å²) in [6.07, 6.45) is 1.98. The van der Waals surface area contributed by atoms with Gasteiger partial charge in [-0.3, -0.25) is 0 Å². The smallest absolute Gasteiger partial charge is 0.319 e. The normalized spacial score (nSPS) is 24.1. The Morgan fingerprint density at radius 2 is 2.12 bits per heavy atom. The van der Waals surface area contributed by atoms with Crippen LogP contribution in [-0.4, -0.2) is 24.7 Å². The van der Waals surface area contributed by atoms with Crippen LogP contribution in [0.1, 0.15) is 19.8 Å². The highest BCUT2D eigenvalue weighted by atomic mass is 16.2. The molecule has 1 heterocycles. The van der Waals surface area contributed by atoms with E-state index >= 15 is 0 Å². The fourth-order valence-corrected chi connectivity index (χ4v) is 2.14. The lowest BCUT2D eigenvalue weighted by Crippen LogP contribution is -2.47. The molecule has 0 aromatic heterocycles. The van der Waals surface area contributed by atoms with Gasteiger partial charge < -0.3 is 16.0 Å². The monoisotopic (exact) mass is 233 g/mol. The molecule has 2 amide bonds. The summed E-state index contributed by atoms with van der Waals surface area (Å²) in [6.45, 7) is 3.11. The van der Waals surface area contributed by atoms with Crippen molar-refractivity contribution >= 4 is 11.7 Å². The van der Waals surface area contributed by atoms with Crippen LogP contribution in [0.15, 0.2) is 30.3 Å². The van der Waals surface area contributed by atoms with Crippen molar-refractivity contribution in [1.29, 1.82) is 0 Å². The number of urea groups is 1. The van der Waals surface area contributed by atoms with E-state index in [0.29, 0.717) is 6.04 Å². The van der Waals surface area contributed by atoms with Crippen LogP contribution >= 0.6 is 0 Å². The summed E-state index contributed by atoms with van der Waals surface area (Å²) in [6, 6.07) is 10.1. The molecular weight excluding hydrogens is 214 g/mol. The summed E-state index contributed by atoms with van der Waals surface area (Å²) in [5.74, 6) is 0. The molecule has 2 unspecified atom stereocenters. The lowest BCUT2D eigenvalue weighted by atomic mass is 10.0. The quantitative estimate of drug-likeness (QED) is 0.731. The fraction of sp³-hybridized carbons (Fsp3) is 0.462. The average molecular weight is 233 g/mol. The van der Waals surface area contributed by atoms with Gasteiger partial charge in [0.2, 0.25) is 0 Å². The van der Waals surface area contributed by atoms with Gasteiger partial charge in [0.15, 0.2) is 0 Å². The number of piperidine rings is 1. The third-order valence-electron chi connectivity index (χ3n) is 2.99. The minimum atomic E-state index is -0.115. The summed E-state index contributed by atoms with van der Waals surface area (Å²) >= 11 is 0. The molecule has 0 radical (unpaired) electrons. The van der Waals surface area contributed by atoms with E-state index in [1.54, 1.807) is 0 Å². The van der Waals surface area contributed by atoms with E-state index in [-0.39, 0.29) is 12.1 Å². The van der Waals surface area contributed by atoms with Gasteiger partial charge in [-0.15, -0.1) is 0 Å². The molecule has 92 valence electrons. The molecule has 1 aliphatic heterocycles. The van der Waals surface area contributed by atoms with Crippen LogP contribution in [0.4, 0.5) is 10.5 Å². The predicted molar refractivity (Wildman–Crippen MR) is 69.1 cm³/mol. The first-order chi connectivity index (χ1) is 8.24. The van der Waals surface area contributed by atoms with Gasteiger partial charge in [0.1, 0.15) is 0 Å². The minimum absolute atomic E-state index is 0.115. The van der Waals surface area contributed by atoms with Crippen LogP contribution in [-0.2, 0) is 0 Å². The number of hydrogen-bond donors (Lipinski definition) is 3. The first-order valence-corrected chi connectivity index (χ1v) is 6.10. The molecule has 4 nitrogen and oxygen atoms in total. The Labute approximate surface area is 102 Å². The van der Waals surface area contributed by atoms with Crippen molar-refractivity contribution in [2.75, 3.05) is 11.9 Å². The van der Waals surface area contributed by atoms with Gasteiger partial charge >= 0.3 is 6.03 Å². The fourth-order valence-electron chi connectivity index (χ4n) is 2.14. The number of carbonyl (C=O) groups is 1. The van der Waals surface area contributed by atoms with E-state index in [1.807, 2.05) is 30.3 Å².